The number of ether oxygens (including phenoxy) is 1. The fourth-order valence-electron chi connectivity index (χ4n) is 2.44. The Bertz CT molecular complexity index is 650. The van der Waals surface area contributed by atoms with Gasteiger partial charge in [-0.15, -0.1) is 5.10 Å². The van der Waals surface area contributed by atoms with E-state index in [4.69, 9.17) is 4.74 Å². The number of morpholine rings is 1. The Hall–Kier alpha value is -2.32. The molecule has 24 heavy (non-hydrogen) atoms. The minimum atomic E-state index is -0.240. The van der Waals surface area contributed by atoms with E-state index in [0.29, 0.717) is 23.9 Å². The molecule has 0 saturated carbocycles. The lowest BCUT2D eigenvalue weighted by Gasteiger charge is -2.26. The molecule has 1 aromatic heterocycles. The highest BCUT2D eigenvalue weighted by Gasteiger charge is 2.09. The molecule has 0 spiro atoms. The predicted octanol–water partition coefficient (Wildman–Crippen LogP) is 1.37. The van der Waals surface area contributed by atoms with Crippen molar-refractivity contribution in [3.8, 4) is 0 Å². The van der Waals surface area contributed by atoms with Crippen molar-refractivity contribution in [1.29, 1.82) is 0 Å². The average molecular weight is 332 g/mol. The standard InChI is InChI=1S/C16H21FN6O/c17-14-4-2-1-3-13(14)11-19-15-12-20-22-16(21-15)18-5-6-23-7-9-24-10-8-23/h1-4,12H,5-11H2,(H2,18,19,21,22). The van der Waals surface area contributed by atoms with E-state index in [-0.39, 0.29) is 5.82 Å². The molecule has 128 valence electrons. The smallest absolute Gasteiger partial charge is 0.244 e. The van der Waals surface area contributed by atoms with Crippen LogP contribution in [0.25, 0.3) is 0 Å². The van der Waals surface area contributed by atoms with Gasteiger partial charge in [0.15, 0.2) is 5.82 Å². The van der Waals surface area contributed by atoms with Gasteiger partial charge in [-0.2, -0.15) is 10.1 Å². The summed E-state index contributed by atoms with van der Waals surface area (Å²) in [5, 5.41) is 14.1. The van der Waals surface area contributed by atoms with Crippen molar-refractivity contribution < 1.29 is 9.13 Å². The van der Waals surface area contributed by atoms with Gasteiger partial charge in [-0.05, 0) is 6.07 Å². The van der Waals surface area contributed by atoms with Gasteiger partial charge in [0.1, 0.15) is 5.82 Å². The summed E-state index contributed by atoms with van der Waals surface area (Å²) < 4.78 is 18.9. The molecule has 0 unspecified atom stereocenters. The number of benzene rings is 1. The summed E-state index contributed by atoms with van der Waals surface area (Å²) in [6.07, 6.45) is 1.52. The summed E-state index contributed by atoms with van der Waals surface area (Å²) in [7, 11) is 0. The maximum atomic E-state index is 13.6. The molecule has 8 heteroatoms. The molecule has 1 aliphatic heterocycles. The van der Waals surface area contributed by atoms with Crippen LogP contribution in [-0.4, -0.2) is 59.5 Å². The second kappa shape index (κ2) is 8.51. The number of halogens is 1. The molecular formula is C16H21FN6O. The van der Waals surface area contributed by atoms with Crippen LogP contribution in [0.5, 0.6) is 0 Å². The maximum Gasteiger partial charge on any atom is 0.244 e. The van der Waals surface area contributed by atoms with E-state index in [0.717, 1.165) is 39.4 Å². The molecule has 2 aromatic rings. The molecule has 2 heterocycles. The number of aromatic nitrogens is 3. The van der Waals surface area contributed by atoms with Gasteiger partial charge in [0.05, 0.1) is 19.4 Å². The normalized spacial score (nSPS) is 15.2. The van der Waals surface area contributed by atoms with Crippen LogP contribution in [0.4, 0.5) is 16.2 Å². The van der Waals surface area contributed by atoms with Crippen molar-refractivity contribution in [2.75, 3.05) is 50.0 Å². The van der Waals surface area contributed by atoms with Crippen molar-refractivity contribution in [3.63, 3.8) is 0 Å². The quantitative estimate of drug-likeness (QED) is 0.793. The molecule has 0 atom stereocenters. The van der Waals surface area contributed by atoms with Gasteiger partial charge < -0.3 is 15.4 Å². The predicted molar refractivity (Wildman–Crippen MR) is 89.3 cm³/mol. The van der Waals surface area contributed by atoms with Gasteiger partial charge in [-0.1, -0.05) is 18.2 Å². The Morgan fingerprint density at radius 3 is 2.83 bits per heavy atom. The van der Waals surface area contributed by atoms with E-state index in [1.807, 2.05) is 0 Å². The Balaban J connectivity index is 1.47. The van der Waals surface area contributed by atoms with Crippen molar-refractivity contribution in [3.05, 3.63) is 41.8 Å². The molecule has 0 aliphatic carbocycles. The highest BCUT2D eigenvalue weighted by Crippen LogP contribution is 2.10. The molecule has 0 radical (unpaired) electrons. The molecule has 0 bridgehead atoms. The fraction of sp³-hybridized carbons (Fsp3) is 0.438. The lowest BCUT2D eigenvalue weighted by atomic mass is 10.2. The number of anilines is 2. The summed E-state index contributed by atoms with van der Waals surface area (Å²) in [5.41, 5.74) is 0.581. The molecule has 1 aliphatic rings. The molecular weight excluding hydrogens is 311 g/mol. The molecule has 1 fully saturated rings. The first kappa shape index (κ1) is 16.5. The number of nitrogens with one attached hydrogen (secondary N) is 2. The van der Waals surface area contributed by atoms with E-state index in [9.17, 15) is 4.39 Å². The Kier molecular flexibility index (Phi) is 5.86. The number of rotatable bonds is 7. The van der Waals surface area contributed by atoms with E-state index >= 15 is 0 Å². The van der Waals surface area contributed by atoms with Crippen molar-refractivity contribution in [2.45, 2.75) is 6.54 Å². The highest BCUT2D eigenvalue weighted by atomic mass is 19.1. The first-order valence-corrected chi connectivity index (χ1v) is 8.02. The van der Waals surface area contributed by atoms with Crippen LogP contribution in [0.3, 0.4) is 0 Å². The van der Waals surface area contributed by atoms with Gasteiger partial charge in [0, 0.05) is 38.3 Å². The Morgan fingerprint density at radius 2 is 2.00 bits per heavy atom. The van der Waals surface area contributed by atoms with Crippen LogP contribution in [0.15, 0.2) is 30.5 Å². The van der Waals surface area contributed by atoms with E-state index in [2.05, 4.69) is 30.7 Å². The zero-order valence-electron chi connectivity index (χ0n) is 13.4. The third-order valence-corrected chi connectivity index (χ3v) is 3.79. The molecule has 7 nitrogen and oxygen atoms in total. The number of nitrogens with zero attached hydrogens (tertiary/aromatic N) is 4. The van der Waals surface area contributed by atoms with E-state index in [1.54, 1.807) is 18.2 Å². The van der Waals surface area contributed by atoms with Crippen molar-refractivity contribution >= 4 is 11.8 Å². The largest absolute Gasteiger partial charge is 0.379 e. The molecule has 3 rings (SSSR count). The molecule has 1 aromatic carbocycles. The minimum Gasteiger partial charge on any atom is -0.379 e. The number of hydrogen-bond acceptors (Lipinski definition) is 7. The van der Waals surface area contributed by atoms with Crippen LogP contribution >= 0.6 is 0 Å². The zero-order valence-corrected chi connectivity index (χ0v) is 13.4. The Labute approximate surface area is 140 Å². The van der Waals surface area contributed by atoms with Gasteiger partial charge in [-0.25, -0.2) is 4.39 Å². The zero-order chi connectivity index (χ0) is 16.6. The molecule has 0 amide bonds. The topological polar surface area (TPSA) is 75.2 Å². The first-order chi connectivity index (χ1) is 11.8. The van der Waals surface area contributed by atoms with Crippen LogP contribution in [0, 0.1) is 5.82 Å². The summed E-state index contributed by atoms with van der Waals surface area (Å²) in [4.78, 5) is 6.66. The SMILES string of the molecule is Fc1ccccc1CNc1cnnc(NCCN2CCOCC2)n1. The molecule has 2 N–H and O–H groups in total. The fourth-order valence-corrected chi connectivity index (χ4v) is 2.44. The van der Waals surface area contributed by atoms with Gasteiger partial charge in [0.25, 0.3) is 0 Å². The second-order valence-electron chi connectivity index (χ2n) is 5.49. The summed E-state index contributed by atoms with van der Waals surface area (Å²) in [6.45, 7) is 5.45. The lowest BCUT2D eigenvalue weighted by Crippen LogP contribution is -2.39. The summed E-state index contributed by atoms with van der Waals surface area (Å²) in [5.74, 6) is 0.778. The van der Waals surface area contributed by atoms with Crippen LogP contribution in [-0.2, 0) is 11.3 Å². The summed E-state index contributed by atoms with van der Waals surface area (Å²) in [6, 6.07) is 6.64. The van der Waals surface area contributed by atoms with Gasteiger partial charge >= 0.3 is 0 Å². The third-order valence-electron chi connectivity index (χ3n) is 3.79. The molecule has 1 saturated heterocycles. The van der Waals surface area contributed by atoms with Crippen LogP contribution < -0.4 is 10.6 Å². The summed E-state index contributed by atoms with van der Waals surface area (Å²) >= 11 is 0. The first-order valence-electron chi connectivity index (χ1n) is 8.02. The van der Waals surface area contributed by atoms with Gasteiger partial charge in [-0.3, -0.25) is 4.90 Å². The number of hydrogen-bond donors (Lipinski definition) is 2. The maximum absolute atomic E-state index is 13.6. The van der Waals surface area contributed by atoms with Crippen molar-refractivity contribution in [1.82, 2.24) is 20.1 Å². The van der Waals surface area contributed by atoms with Crippen molar-refractivity contribution in [2.24, 2.45) is 0 Å². The van der Waals surface area contributed by atoms with Crippen LogP contribution in [0.1, 0.15) is 5.56 Å². The van der Waals surface area contributed by atoms with Gasteiger partial charge in [0.2, 0.25) is 5.95 Å². The van der Waals surface area contributed by atoms with E-state index < -0.39 is 0 Å². The monoisotopic (exact) mass is 332 g/mol. The third kappa shape index (κ3) is 4.84. The highest BCUT2D eigenvalue weighted by molar-refractivity contribution is 5.38. The van der Waals surface area contributed by atoms with Crippen LogP contribution in [0.2, 0.25) is 0 Å². The average Bonchev–Trinajstić information content (AvgIpc) is 2.62. The Morgan fingerprint density at radius 1 is 1.17 bits per heavy atom. The minimum absolute atomic E-state index is 0.240. The lowest BCUT2D eigenvalue weighted by molar-refractivity contribution is 0.0398. The van der Waals surface area contributed by atoms with E-state index in [1.165, 1.54) is 12.3 Å². The second-order valence-corrected chi connectivity index (χ2v) is 5.49.